The van der Waals surface area contributed by atoms with Gasteiger partial charge in [-0.25, -0.2) is 12.8 Å². The molecule has 3 fully saturated rings. The highest BCUT2D eigenvalue weighted by atomic mass is 32.2. The molecule has 1 N–H and O–H groups in total. The zero-order valence-electron chi connectivity index (χ0n) is 22.9. The zero-order chi connectivity index (χ0) is 28.9. The van der Waals surface area contributed by atoms with Crippen molar-refractivity contribution in [1.82, 2.24) is 5.32 Å². The van der Waals surface area contributed by atoms with Gasteiger partial charge in [0.05, 0.1) is 28.5 Å². The van der Waals surface area contributed by atoms with Crippen LogP contribution in [-0.2, 0) is 20.3 Å². The molecule has 0 atom stereocenters. The van der Waals surface area contributed by atoms with Crippen LogP contribution in [0.3, 0.4) is 0 Å². The molecular weight excluding hydrogens is 543 g/mol. The maximum Gasteiger partial charge on any atom is 0.287 e. The smallest absolute Gasteiger partial charge is 0.287 e. The first-order chi connectivity index (χ1) is 19.5. The topological polar surface area (TPSA) is 117 Å². The number of nitrogens with one attached hydrogen (secondary N) is 1. The third-order valence-electron chi connectivity index (χ3n) is 9.28. The summed E-state index contributed by atoms with van der Waals surface area (Å²) in [6.45, 7) is 0. The molecule has 1 saturated heterocycles. The number of carbonyl (C=O) groups excluding carboxylic acids is 2. The number of rotatable bonds is 7. The Hall–Kier alpha value is -3.51. The molecule has 41 heavy (non-hydrogen) atoms. The summed E-state index contributed by atoms with van der Waals surface area (Å²) in [7, 11) is -3.17. The number of hydrogen-bond acceptors (Lipinski definition) is 6. The molecule has 2 aliphatic carbocycles. The van der Waals surface area contributed by atoms with Gasteiger partial charge in [-0.3, -0.25) is 9.59 Å². The number of ketones is 1. The minimum atomic E-state index is -3.17. The van der Waals surface area contributed by atoms with Crippen molar-refractivity contribution in [1.29, 1.82) is 5.26 Å². The van der Waals surface area contributed by atoms with E-state index >= 15 is 4.39 Å². The fourth-order valence-electron chi connectivity index (χ4n) is 6.30. The zero-order valence-corrected chi connectivity index (χ0v) is 23.7. The van der Waals surface area contributed by atoms with Crippen molar-refractivity contribution < 1.29 is 26.8 Å². The lowest BCUT2D eigenvalue weighted by molar-refractivity contribution is -0.127. The van der Waals surface area contributed by atoms with Gasteiger partial charge in [-0.15, -0.1) is 0 Å². The van der Waals surface area contributed by atoms with Gasteiger partial charge >= 0.3 is 0 Å². The van der Waals surface area contributed by atoms with Crippen LogP contribution in [-0.4, -0.2) is 37.2 Å². The molecule has 6 rings (SSSR count). The molecule has 2 saturated carbocycles. The molecule has 214 valence electrons. The first kappa shape index (κ1) is 27.6. The molecule has 0 radical (unpaired) electrons. The maximum atomic E-state index is 15.5. The van der Waals surface area contributed by atoms with Crippen molar-refractivity contribution in [2.75, 3.05) is 11.5 Å². The van der Waals surface area contributed by atoms with Crippen LogP contribution in [0.15, 0.2) is 52.9 Å². The van der Waals surface area contributed by atoms with Gasteiger partial charge in [-0.2, -0.15) is 5.26 Å². The van der Waals surface area contributed by atoms with Crippen molar-refractivity contribution >= 4 is 32.5 Å². The molecule has 0 spiro atoms. The van der Waals surface area contributed by atoms with Crippen molar-refractivity contribution in [2.45, 2.75) is 75.4 Å². The van der Waals surface area contributed by atoms with Crippen LogP contribution < -0.4 is 5.32 Å². The molecule has 0 bridgehead atoms. The lowest BCUT2D eigenvalue weighted by atomic mass is 9.75. The van der Waals surface area contributed by atoms with E-state index in [2.05, 4.69) is 11.4 Å². The van der Waals surface area contributed by atoms with Gasteiger partial charge in [-0.1, -0.05) is 55.7 Å². The Morgan fingerprint density at radius 1 is 0.902 bits per heavy atom. The summed E-state index contributed by atoms with van der Waals surface area (Å²) in [4.78, 5) is 26.8. The van der Waals surface area contributed by atoms with E-state index in [1.807, 2.05) is 30.3 Å². The second-order valence-corrected chi connectivity index (χ2v) is 14.5. The van der Waals surface area contributed by atoms with Crippen LogP contribution in [0.4, 0.5) is 4.39 Å². The lowest BCUT2D eigenvalue weighted by Crippen LogP contribution is -2.56. The fourth-order valence-corrected chi connectivity index (χ4v) is 7.77. The quantitative estimate of drug-likeness (QED) is 0.360. The predicted octanol–water partition coefficient (Wildman–Crippen LogP) is 6.17. The summed E-state index contributed by atoms with van der Waals surface area (Å²) in [5.41, 5.74) is -0.532. The Morgan fingerprint density at radius 2 is 1.56 bits per heavy atom. The molecule has 1 aliphatic heterocycles. The highest BCUT2D eigenvalue weighted by Crippen LogP contribution is 2.50. The van der Waals surface area contributed by atoms with Crippen LogP contribution in [0.1, 0.15) is 80.3 Å². The SMILES string of the molecule is N#CC1(CC(=O)C2(NC(=O)c3cc4ccc(-c5ccc(C6(F)CCS(=O)(=O)CC6)cc5)cc4o3)CCCCC2)CC1. The van der Waals surface area contributed by atoms with Gasteiger partial charge in [0.1, 0.15) is 11.3 Å². The van der Waals surface area contributed by atoms with Gasteiger partial charge in [0.2, 0.25) is 0 Å². The summed E-state index contributed by atoms with van der Waals surface area (Å²) in [5, 5.41) is 13.2. The van der Waals surface area contributed by atoms with Crippen LogP contribution >= 0.6 is 0 Å². The molecule has 7 nitrogen and oxygen atoms in total. The Kier molecular flexibility index (Phi) is 6.80. The number of fused-ring (bicyclic) bond motifs is 1. The van der Waals surface area contributed by atoms with Gasteiger partial charge in [0.15, 0.2) is 21.4 Å². The standard InChI is InChI=1S/C32H33FN2O5S/c33-31(14-16-41(38,39)17-15-31)25-8-6-22(7-9-25)23-4-5-24-19-27(40-26(24)18-23)29(37)35-32(10-2-1-3-11-32)28(36)20-30(21-34)12-13-30/h4-9,18-19H,1-3,10-17,20H2,(H,35,37). The van der Waals surface area contributed by atoms with Gasteiger partial charge < -0.3 is 9.73 Å². The number of halogens is 1. The lowest BCUT2D eigenvalue weighted by Gasteiger charge is -2.37. The molecule has 3 aromatic rings. The van der Waals surface area contributed by atoms with Crippen molar-refractivity contribution in [3.8, 4) is 17.2 Å². The average molecular weight is 577 g/mol. The Bertz CT molecular complexity index is 1640. The van der Waals surface area contributed by atoms with Gasteiger partial charge in [0.25, 0.3) is 5.91 Å². The Labute approximate surface area is 239 Å². The van der Waals surface area contributed by atoms with E-state index in [1.165, 1.54) is 0 Å². The van der Waals surface area contributed by atoms with E-state index in [-0.39, 0.29) is 42.3 Å². The number of alkyl halides is 1. The molecule has 2 heterocycles. The average Bonchev–Trinajstić information content (AvgIpc) is 3.62. The third-order valence-corrected chi connectivity index (χ3v) is 10.9. The number of sulfone groups is 1. The molecule has 1 aromatic heterocycles. The number of furan rings is 1. The number of hydrogen-bond donors (Lipinski definition) is 1. The van der Waals surface area contributed by atoms with Gasteiger partial charge in [-0.05, 0) is 67.3 Å². The van der Waals surface area contributed by atoms with Crippen LogP contribution in [0.2, 0.25) is 0 Å². The van der Waals surface area contributed by atoms with Crippen molar-refractivity contribution in [3.63, 3.8) is 0 Å². The molecule has 3 aliphatic rings. The molecule has 2 aromatic carbocycles. The minimum Gasteiger partial charge on any atom is -0.451 e. The van der Waals surface area contributed by atoms with Crippen molar-refractivity contribution in [3.05, 3.63) is 59.9 Å². The number of carbonyl (C=O) groups is 2. The molecule has 1 amide bonds. The summed E-state index contributed by atoms with van der Waals surface area (Å²) in [6, 6.07) is 16.6. The van der Waals surface area contributed by atoms with E-state index in [9.17, 15) is 23.3 Å². The predicted molar refractivity (Wildman–Crippen MR) is 153 cm³/mol. The number of Topliss-reactive ketones (excluding diaryl/α,β-unsaturated/α-hetero) is 1. The summed E-state index contributed by atoms with van der Waals surface area (Å²) in [5.74, 6) is -0.667. The third kappa shape index (κ3) is 5.42. The van der Waals surface area contributed by atoms with E-state index < -0.39 is 32.4 Å². The highest BCUT2D eigenvalue weighted by Gasteiger charge is 2.50. The van der Waals surface area contributed by atoms with E-state index in [0.717, 1.165) is 48.6 Å². The summed E-state index contributed by atoms with van der Waals surface area (Å²) >= 11 is 0. The second-order valence-electron chi connectivity index (χ2n) is 12.1. The van der Waals surface area contributed by atoms with E-state index in [4.69, 9.17) is 4.42 Å². The number of nitriles is 1. The largest absolute Gasteiger partial charge is 0.451 e. The Balaban J connectivity index is 1.20. The second kappa shape index (κ2) is 10.1. The molecule has 9 heteroatoms. The minimum absolute atomic E-state index is 0.0377. The first-order valence-electron chi connectivity index (χ1n) is 14.4. The van der Waals surface area contributed by atoms with Crippen molar-refractivity contribution in [2.24, 2.45) is 5.41 Å². The Morgan fingerprint density at radius 3 is 2.20 bits per heavy atom. The highest BCUT2D eigenvalue weighted by molar-refractivity contribution is 7.91. The van der Waals surface area contributed by atoms with Gasteiger partial charge in [0, 0.05) is 11.8 Å². The van der Waals surface area contributed by atoms with Crippen LogP contribution in [0, 0.1) is 16.7 Å². The van der Waals surface area contributed by atoms with E-state index in [0.29, 0.717) is 24.0 Å². The molecule has 0 unspecified atom stereocenters. The van der Waals surface area contributed by atoms with Crippen LogP contribution in [0.25, 0.3) is 22.1 Å². The summed E-state index contributed by atoms with van der Waals surface area (Å²) in [6.07, 6.45) is 5.39. The fraction of sp³-hybridized carbons (Fsp3) is 0.469. The molecular formula is C32H33FN2O5S. The number of nitrogens with zero attached hydrogens (tertiary/aromatic N) is 1. The first-order valence-corrected chi connectivity index (χ1v) is 16.2. The normalized spacial score (nSPS) is 22.0. The number of amides is 1. The monoisotopic (exact) mass is 576 g/mol. The van der Waals surface area contributed by atoms with Crippen LogP contribution in [0.5, 0.6) is 0 Å². The summed E-state index contributed by atoms with van der Waals surface area (Å²) < 4.78 is 44.9. The number of benzene rings is 2. The van der Waals surface area contributed by atoms with E-state index in [1.54, 1.807) is 18.2 Å². The maximum absolute atomic E-state index is 15.5.